The third-order valence-corrected chi connectivity index (χ3v) is 2.96. The van der Waals surface area contributed by atoms with Gasteiger partial charge in [0.2, 0.25) is 0 Å². The second-order valence-corrected chi connectivity index (χ2v) is 3.65. The molecule has 0 aromatic carbocycles. The van der Waals surface area contributed by atoms with E-state index >= 15 is 0 Å². The van der Waals surface area contributed by atoms with Gasteiger partial charge < -0.3 is 14.8 Å². The molecule has 1 N–H and O–H groups in total. The first-order valence-electron chi connectivity index (χ1n) is 5.11. The molecule has 4 nitrogen and oxygen atoms in total. The van der Waals surface area contributed by atoms with Gasteiger partial charge in [-0.15, -0.1) is 0 Å². The van der Waals surface area contributed by atoms with E-state index in [9.17, 15) is 4.79 Å². The predicted octanol–water partition coefficient (Wildman–Crippen LogP) is 0.707. The van der Waals surface area contributed by atoms with Crippen LogP contribution in [-0.4, -0.2) is 37.9 Å². The quantitative estimate of drug-likeness (QED) is 0.680. The average molecular weight is 201 g/mol. The van der Waals surface area contributed by atoms with Crippen molar-refractivity contribution in [2.75, 3.05) is 20.3 Å². The summed E-state index contributed by atoms with van der Waals surface area (Å²) in [5, 5.41) is 3.19. The van der Waals surface area contributed by atoms with E-state index in [0.717, 1.165) is 6.42 Å². The third kappa shape index (κ3) is 2.25. The third-order valence-electron chi connectivity index (χ3n) is 2.96. The van der Waals surface area contributed by atoms with Crippen molar-refractivity contribution < 1.29 is 14.3 Å². The number of likely N-dealkylation sites (N-methyl/N-ethyl adjacent to an activating group) is 1. The average Bonchev–Trinajstić information content (AvgIpc) is 2.49. The van der Waals surface area contributed by atoms with E-state index in [2.05, 4.69) is 5.32 Å². The second-order valence-electron chi connectivity index (χ2n) is 3.65. The molecule has 1 fully saturated rings. The molecule has 0 aliphatic carbocycles. The Morgan fingerprint density at radius 1 is 1.71 bits per heavy atom. The van der Waals surface area contributed by atoms with Crippen molar-refractivity contribution >= 4 is 5.97 Å². The molecule has 0 amide bonds. The van der Waals surface area contributed by atoms with Gasteiger partial charge in [0.1, 0.15) is 0 Å². The predicted molar refractivity (Wildman–Crippen MR) is 53.1 cm³/mol. The Bertz CT molecular complexity index is 208. The normalized spacial score (nSPS) is 31.8. The van der Waals surface area contributed by atoms with Gasteiger partial charge in [-0.05, 0) is 27.3 Å². The summed E-state index contributed by atoms with van der Waals surface area (Å²) in [4.78, 5) is 11.4. The minimum atomic E-state index is -0.230. The summed E-state index contributed by atoms with van der Waals surface area (Å²) < 4.78 is 10.4. The summed E-state index contributed by atoms with van der Waals surface area (Å²) in [6.45, 7) is 4.95. The van der Waals surface area contributed by atoms with Crippen LogP contribution in [0.15, 0.2) is 0 Å². The standard InChI is InChI=1S/C10H19NO3/c1-4-13-9(12)7-10(11-3)5-6-14-8(10)2/h8,11H,4-7H2,1-3H3. The molecule has 1 heterocycles. The highest BCUT2D eigenvalue weighted by Crippen LogP contribution is 2.29. The highest BCUT2D eigenvalue weighted by molar-refractivity contribution is 5.71. The molecule has 1 rings (SSSR count). The van der Waals surface area contributed by atoms with Crippen molar-refractivity contribution in [2.45, 2.75) is 38.3 Å². The number of rotatable bonds is 4. The maximum Gasteiger partial charge on any atom is 0.307 e. The highest BCUT2D eigenvalue weighted by Gasteiger charge is 2.42. The van der Waals surface area contributed by atoms with Gasteiger partial charge in [0.25, 0.3) is 0 Å². The van der Waals surface area contributed by atoms with Crippen molar-refractivity contribution in [3.05, 3.63) is 0 Å². The minimum absolute atomic E-state index is 0.0666. The van der Waals surface area contributed by atoms with Crippen LogP contribution in [-0.2, 0) is 14.3 Å². The zero-order valence-electron chi connectivity index (χ0n) is 9.13. The molecule has 1 saturated heterocycles. The summed E-state index contributed by atoms with van der Waals surface area (Å²) in [7, 11) is 1.87. The molecule has 0 aromatic heterocycles. The Balaban J connectivity index is 2.57. The van der Waals surface area contributed by atoms with E-state index in [-0.39, 0.29) is 17.6 Å². The Labute approximate surface area is 85.0 Å². The largest absolute Gasteiger partial charge is 0.466 e. The smallest absolute Gasteiger partial charge is 0.307 e. The highest BCUT2D eigenvalue weighted by atomic mass is 16.5. The van der Waals surface area contributed by atoms with Gasteiger partial charge in [-0.25, -0.2) is 0 Å². The maximum absolute atomic E-state index is 11.4. The zero-order chi connectivity index (χ0) is 10.6. The number of nitrogens with one attached hydrogen (secondary N) is 1. The van der Waals surface area contributed by atoms with Gasteiger partial charge in [-0.3, -0.25) is 4.79 Å². The molecule has 0 saturated carbocycles. The number of carbonyl (C=O) groups excluding carboxylic acids is 1. The summed E-state index contributed by atoms with van der Waals surface area (Å²) >= 11 is 0. The van der Waals surface area contributed by atoms with Crippen molar-refractivity contribution in [3.63, 3.8) is 0 Å². The first-order valence-corrected chi connectivity index (χ1v) is 5.11. The van der Waals surface area contributed by atoms with Gasteiger partial charge >= 0.3 is 5.97 Å². The molecule has 1 aliphatic heterocycles. The monoisotopic (exact) mass is 201 g/mol. The number of esters is 1. The van der Waals surface area contributed by atoms with Crippen LogP contribution in [0.25, 0.3) is 0 Å². The van der Waals surface area contributed by atoms with E-state index in [1.165, 1.54) is 0 Å². The fraction of sp³-hybridized carbons (Fsp3) is 0.900. The molecule has 4 heteroatoms. The van der Waals surface area contributed by atoms with Crippen LogP contribution in [0, 0.1) is 0 Å². The molecule has 0 aromatic rings. The Morgan fingerprint density at radius 3 is 2.86 bits per heavy atom. The number of hydrogen-bond donors (Lipinski definition) is 1. The molecule has 2 unspecified atom stereocenters. The molecule has 1 aliphatic rings. The van der Waals surface area contributed by atoms with Gasteiger partial charge in [0, 0.05) is 6.61 Å². The lowest BCUT2D eigenvalue weighted by atomic mass is 9.88. The Morgan fingerprint density at radius 2 is 2.43 bits per heavy atom. The maximum atomic E-state index is 11.4. The van der Waals surface area contributed by atoms with E-state index < -0.39 is 0 Å². The molecule has 14 heavy (non-hydrogen) atoms. The van der Waals surface area contributed by atoms with E-state index in [1.54, 1.807) is 0 Å². The first kappa shape index (κ1) is 11.5. The van der Waals surface area contributed by atoms with Crippen molar-refractivity contribution in [2.24, 2.45) is 0 Å². The Kier molecular flexibility index (Phi) is 3.89. The topological polar surface area (TPSA) is 47.6 Å². The molecule has 0 bridgehead atoms. The fourth-order valence-corrected chi connectivity index (χ4v) is 1.90. The molecule has 82 valence electrons. The van der Waals surface area contributed by atoms with Crippen LogP contribution in [0.5, 0.6) is 0 Å². The molecular formula is C10H19NO3. The summed E-state index contributed by atoms with van der Waals surface area (Å²) in [5.74, 6) is -0.154. The molecule has 2 atom stereocenters. The lowest BCUT2D eigenvalue weighted by molar-refractivity contribution is -0.145. The van der Waals surface area contributed by atoms with Crippen LogP contribution < -0.4 is 5.32 Å². The van der Waals surface area contributed by atoms with Crippen LogP contribution in [0.4, 0.5) is 0 Å². The van der Waals surface area contributed by atoms with Crippen LogP contribution in [0.2, 0.25) is 0 Å². The van der Waals surface area contributed by atoms with E-state index in [1.807, 2.05) is 20.9 Å². The van der Waals surface area contributed by atoms with Gasteiger partial charge in [0.05, 0.1) is 24.7 Å². The molecular weight excluding hydrogens is 182 g/mol. The zero-order valence-corrected chi connectivity index (χ0v) is 9.13. The SMILES string of the molecule is CCOC(=O)CC1(NC)CCOC1C. The van der Waals surface area contributed by atoms with Crippen LogP contribution >= 0.6 is 0 Å². The van der Waals surface area contributed by atoms with Crippen molar-refractivity contribution in [3.8, 4) is 0 Å². The van der Waals surface area contributed by atoms with Crippen molar-refractivity contribution in [1.29, 1.82) is 0 Å². The Hall–Kier alpha value is -0.610. The van der Waals surface area contributed by atoms with E-state index in [4.69, 9.17) is 9.47 Å². The van der Waals surface area contributed by atoms with Crippen LogP contribution in [0.3, 0.4) is 0 Å². The van der Waals surface area contributed by atoms with Crippen LogP contribution in [0.1, 0.15) is 26.7 Å². The van der Waals surface area contributed by atoms with Crippen molar-refractivity contribution in [1.82, 2.24) is 5.32 Å². The lowest BCUT2D eigenvalue weighted by Crippen LogP contribution is -2.50. The van der Waals surface area contributed by atoms with Gasteiger partial charge in [0.15, 0.2) is 0 Å². The number of ether oxygens (including phenoxy) is 2. The fourth-order valence-electron chi connectivity index (χ4n) is 1.90. The summed E-state index contributed by atoms with van der Waals surface area (Å²) in [5.41, 5.74) is -0.230. The van der Waals surface area contributed by atoms with Gasteiger partial charge in [-0.2, -0.15) is 0 Å². The molecule has 0 radical (unpaired) electrons. The lowest BCUT2D eigenvalue weighted by Gasteiger charge is -2.30. The first-order chi connectivity index (χ1) is 6.64. The summed E-state index contributed by atoms with van der Waals surface area (Å²) in [6.07, 6.45) is 1.32. The molecule has 0 spiro atoms. The minimum Gasteiger partial charge on any atom is -0.466 e. The number of carbonyl (C=O) groups is 1. The second kappa shape index (κ2) is 4.75. The van der Waals surface area contributed by atoms with Gasteiger partial charge in [-0.1, -0.05) is 0 Å². The summed E-state index contributed by atoms with van der Waals surface area (Å²) in [6, 6.07) is 0. The van der Waals surface area contributed by atoms with E-state index in [0.29, 0.717) is 19.6 Å². The number of hydrogen-bond acceptors (Lipinski definition) is 4.